The molecule has 2 rings (SSSR count). The molecule has 2 aromatic rings. The third kappa shape index (κ3) is 4.65. The van der Waals surface area contributed by atoms with Crippen LogP contribution in [0.3, 0.4) is 0 Å². The number of rotatable bonds is 7. The summed E-state index contributed by atoms with van der Waals surface area (Å²) < 4.78 is 1.28. The Bertz CT molecular complexity index is 811. The number of hydrogen-bond donors (Lipinski definition) is 2. The van der Waals surface area contributed by atoms with E-state index in [1.807, 2.05) is 12.1 Å². The largest absolute Gasteiger partial charge is 0.354 e. The summed E-state index contributed by atoms with van der Waals surface area (Å²) in [4.78, 5) is 33.6. The van der Waals surface area contributed by atoms with Crippen LogP contribution in [0.15, 0.2) is 36.7 Å². The van der Waals surface area contributed by atoms with Crippen molar-refractivity contribution in [3.63, 3.8) is 0 Å². The molecule has 9 heteroatoms. The molecule has 1 heterocycles. The zero-order valence-electron chi connectivity index (χ0n) is 14.9. The lowest BCUT2D eigenvalue weighted by molar-refractivity contribution is -0.385. The highest BCUT2D eigenvalue weighted by Crippen LogP contribution is 2.18. The van der Waals surface area contributed by atoms with E-state index in [9.17, 15) is 19.7 Å². The molecule has 1 aromatic heterocycles. The molecule has 0 aliphatic heterocycles. The number of benzene rings is 1. The van der Waals surface area contributed by atoms with Gasteiger partial charge in [0.2, 0.25) is 11.8 Å². The van der Waals surface area contributed by atoms with Crippen LogP contribution in [-0.2, 0) is 21.5 Å². The molecular formula is C17H21N5O4. The van der Waals surface area contributed by atoms with E-state index in [1.165, 1.54) is 17.8 Å². The van der Waals surface area contributed by atoms with Crippen molar-refractivity contribution in [1.29, 1.82) is 0 Å². The van der Waals surface area contributed by atoms with Crippen LogP contribution in [0.25, 0.3) is 0 Å². The minimum atomic E-state index is -1.05. The molecule has 0 atom stereocenters. The van der Waals surface area contributed by atoms with Gasteiger partial charge >= 0.3 is 5.69 Å². The molecule has 26 heavy (non-hydrogen) atoms. The van der Waals surface area contributed by atoms with Crippen molar-refractivity contribution in [1.82, 2.24) is 15.1 Å². The predicted molar refractivity (Wildman–Crippen MR) is 95.7 cm³/mol. The van der Waals surface area contributed by atoms with Gasteiger partial charge in [0.05, 0.1) is 4.92 Å². The van der Waals surface area contributed by atoms with Gasteiger partial charge in [-0.15, -0.1) is 0 Å². The minimum Gasteiger partial charge on any atom is -0.354 e. The van der Waals surface area contributed by atoms with Crippen LogP contribution >= 0.6 is 0 Å². The maximum atomic E-state index is 12.4. The minimum absolute atomic E-state index is 0.133. The zero-order chi connectivity index (χ0) is 19.3. The Morgan fingerprint density at radius 1 is 1.27 bits per heavy atom. The first-order chi connectivity index (χ1) is 12.2. The van der Waals surface area contributed by atoms with Gasteiger partial charge < -0.3 is 10.6 Å². The van der Waals surface area contributed by atoms with Crippen LogP contribution in [0.1, 0.15) is 26.3 Å². The summed E-state index contributed by atoms with van der Waals surface area (Å²) in [5.74, 6) is -0.420. The molecule has 0 saturated heterocycles. The molecule has 2 amide bonds. The fraction of sp³-hybridized carbons (Fsp3) is 0.353. The van der Waals surface area contributed by atoms with E-state index in [0.717, 1.165) is 11.8 Å². The van der Waals surface area contributed by atoms with Crippen LogP contribution in [-0.4, -0.2) is 33.1 Å². The van der Waals surface area contributed by atoms with Crippen molar-refractivity contribution in [3.05, 3.63) is 52.3 Å². The van der Waals surface area contributed by atoms with Crippen LogP contribution < -0.4 is 10.6 Å². The summed E-state index contributed by atoms with van der Waals surface area (Å²) in [5, 5.41) is 20.2. The second-order valence-electron chi connectivity index (χ2n) is 6.34. The van der Waals surface area contributed by atoms with Crippen molar-refractivity contribution in [2.24, 2.45) is 0 Å². The van der Waals surface area contributed by atoms with Crippen LogP contribution in [0, 0.1) is 10.1 Å². The molecule has 0 unspecified atom stereocenters. The predicted octanol–water partition coefficient (Wildman–Crippen LogP) is 1.84. The van der Waals surface area contributed by atoms with Gasteiger partial charge in [0.25, 0.3) is 0 Å². The molecule has 0 radical (unpaired) electrons. The van der Waals surface area contributed by atoms with E-state index in [0.29, 0.717) is 18.7 Å². The van der Waals surface area contributed by atoms with Crippen molar-refractivity contribution >= 4 is 23.2 Å². The molecule has 0 saturated carbocycles. The highest BCUT2D eigenvalue weighted by molar-refractivity contribution is 5.88. The first-order valence-corrected chi connectivity index (χ1v) is 8.04. The molecule has 0 aliphatic carbocycles. The molecule has 0 aliphatic rings. The van der Waals surface area contributed by atoms with E-state index in [2.05, 4.69) is 15.7 Å². The van der Waals surface area contributed by atoms with Crippen molar-refractivity contribution in [2.45, 2.75) is 32.7 Å². The van der Waals surface area contributed by atoms with Gasteiger partial charge in [0.15, 0.2) is 0 Å². The van der Waals surface area contributed by atoms with Crippen LogP contribution in [0.2, 0.25) is 0 Å². The first kappa shape index (κ1) is 19.1. The average Bonchev–Trinajstić information content (AvgIpc) is 3.07. The highest BCUT2D eigenvalue weighted by atomic mass is 16.6. The molecule has 0 fully saturated rings. The SMILES string of the molecule is CC(=O)Nc1ccc(CCNC(=O)C(C)(C)n2cc([N+](=O)[O-])cn2)cc1. The summed E-state index contributed by atoms with van der Waals surface area (Å²) in [6.07, 6.45) is 2.97. The molecule has 1 aromatic carbocycles. The summed E-state index contributed by atoms with van der Waals surface area (Å²) in [6.45, 7) is 5.13. The molecule has 138 valence electrons. The zero-order valence-corrected chi connectivity index (χ0v) is 14.9. The van der Waals surface area contributed by atoms with Crippen molar-refractivity contribution in [3.8, 4) is 0 Å². The summed E-state index contributed by atoms with van der Waals surface area (Å²) in [7, 11) is 0. The van der Waals surface area contributed by atoms with E-state index in [4.69, 9.17) is 0 Å². The monoisotopic (exact) mass is 359 g/mol. The fourth-order valence-electron chi connectivity index (χ4n) is 2.31. The maximum absolute atomic E-state index is 12.4. The normalized spacial score (nSPS) is 11.0. The summed E-state index contributed by atoms with van der Waals surface area (Å²) in [6, 6.07) is 7.34. The third-order valence-corrected chi connectivity index (χ3v) is 3.88. The number of amides is 2. The van der Waals surface area contributed by atoms with Gasteiger partial charge in [-0.3, -0.25) is 24.4 Å². The quantitative estimate of drug-likeness (QED) is 0.577. The lowest BCUT2D eigenvalue weighted by Crippen LogP contribution is -2.45. The second-order valence-corrected chi connectivity index (χ2v) is 6.34. The van der Waals surface area contributed by atoms with E-state index >= 15 is 0 Å². The number of anilines is 1. The number of nitro groups is 1. The lowest BCUT2D eigenvalue weighted by Gasteiger charge is -2.23. The van der Waals surface area contributed by atoms with E-state index in [1.54, 1.807) is 26.0 Å². The van der Waals surface area contributed by atoms with Gasteiger partial charge in [-0.2, -0.15) is 5.10 Å². The maximum Gasteiger partial charge on any atom is 0.307 e. The Labute approximate surface area is 150 Å². The lowest BCUT2D eigenvalue weighted by atomic mass is 10.0. The van der Waals surface area contributed by atoms with Crippen LogP contribution in [0.4, 0.5) is 11.4 Å². The summed E-state index contributed by atoms with van der Waals surface area (Å²) >= 11 is 0. The van der Waals surface area contributed by atoms with Gasteiger partial charge in [-0.25, -0.2) is 0 Å². The van der Waals surface area contributed by atoms with Crippen molar-refractivity contribution in [2.75, 3.05) is 11.9 Å². The molecule has 9 nitrogen and oxygen atoms in total. The Hall–Kier alpha value is -3.23. The number of nitrogens with one attached hydrogen (secondary N) is 2. The van der Waals surface area contributed by atoms with Gasteiger partial charge in [0.1, 0.15) is 17.9 Å². The smallest absolute Gasteiger partial charge is 0.307 e. The van der Waals surface area contributed by atoms with Gasteiger partial charge in [0, 0.05) is 19.2 Å². The fourth-order valence-corrected chi connectivity index (χ4v) is 2.31. The molecular weight excluding hydrogens is 338 g/mol. The van der Waals surface area contributed by atoms with E-state index in [-0.39, 0.29) is 17.5 Å². The average molecular weight is 359 g/mol. The van der Waals surface area contributed by atoms with Gasteiger partial charge in [-0.1, -0.05) is 12.1 Å². The number of nitrogens with zero attached hydrogens (tertiary/aromatic N) is 3. The topological polar surface area (TPSA) is 119 Å². The van der Waals surface area contributed by atoms with Crippen LogP contribution in [0.5, 0.6) is 0 Å². The number of aromatic nitrogens is 2. The second kappa shape index (κ2) is 7.77. The van der Waals surface area contributed by atoms with Crippen molar-refractivity contribution < 1.29 is 14.5 Å². The van der Waals surface area contributed by atoms with E-state index < -0.39 is 10.5 Å². The third-order valence-electron chi connectivity index (χ3n) is 3.88. The summed E-state index contributed by atoms with van der Waals surface area (Å²) in [5.41, 5.74) is 0.507. The Morgan fingerprint density at radius 3 is 2.46 bits per heavy atom. The Morgan fingerprint density at radius 2 is 1.92 bits per heavy atom. The Balaban J connectivity index is 1.90. The molecule has 0 bridgehead atoms. The van der Waals surface area contributed by atoms with Gasteiger partial charge in [-0.05, 0) is 38.0 Å². The highest BCUT2D eigenvalue weighted by Gasteiger charge is 2.31. The molecule has 0 spiro atoms. The molecule has 2 N–H and O–H groups in total. The standard InChI is InChI=1S/C17H21N5O4/c1-12(23)20-14-6-4-13(5-7-14)8-9-18-16(24)17(2,3)21-11-15(10-19-21)22(25)26/h4-7,10-11H,8-9H2,1-3H3,(H,18,24)(H,20,23). The first-order valence-electron chi connectivity index (χ1n) is 8.04. The number of carbonyl (C=O) groups excluding carboxylic acids is 2. The number of hydrogen-bond acceptors (Lipinski definition) is 5. The Kier molecular flexibility index (Phi) is 5.71. The number of carbonyl (C=O) groups is 2.